The third-order valence-electron chi connectivity index (χ3n) is 3.05. The van der Waals surface area contributed by atoms with Crippen LogP contribution in [0.15, 0.2) is 4.99 Å². The first-order valence-corrected chi connectivity index (χ1v) is 8.72. The summed E-state index contributed by atoms with van der Waals surface area (Å²) in [4.78, 5) is 50.9. The van der Waals surface area contributed by atoms with Gasteiger partial charge in [0.1, 0.15) is 6.04 Å². The van der Waals surface area contributed by atoms with E-state index in [0.717, 1.165) is 6.21 Å². The van der Waals surface area contributed by atoms with E-state index in [1.165, 1.54) is 6.92 Å². The van der Waals surface area contributed by atoms with E-state index in [1.807, 2.05) is 0 Å². The minimum Gasteiger partial charge on any atom is -0.464 e. The second-order valence-corrected chi connectivity index (χ2v) is 5.84. The van der Waals surface area contributed by atoms with Gasteiger partial charge in [0.2, 0.25) is 6.29 Å². The monoisotopic (exact) mass is 387 g/mol. The molecule has 0 aromatic heterocycles. The zero-order valence-corrected chi connectivity index (χ0v) is 16.4. The van der Waals surface area contributed by atoms with Crippen molar-refractivity contribution in [1.29, 1.82) is 0 Å². The molecule has 0 radical (unpaired) electrons. The number of esters is 2. The molecule has 0 aromatic carbocycles. The molecule has 0 aliphatic rings. The summed E-state index contributed by atoms with van der Waals surface area (Å²) < 4.78 is 14.7. The van der Waals surface area contributed by atoms with Gasteiger partial charge in [-0.2, -0.15) is 0 Å². The topological polar surface area (TPSA) is 132 Å². The van der Waals surface area contributed by atoms with Crippen LogP contribution < -0.4 is 10.6 Å². The number of hydrogen-bond donors (Lipinski definition) is 2. The molecule has 1 amide bonds. The summed E-state index contributed by atoms with van der Waals surface area (Å²) in [5.41, 5.74) is 0. The van der Waals surface area contributed by atoms with E-state index in [1.54, 1.807) is 27.8 Å². The van der Waals surface area contributed by atoms with Gasteiger partial charge in [-0.1, -0.05) is 13.8 Å². The average molecular weight is 387 g/mol. The highest BCUT2D eigenvalue weighted by Crippen LogP contribution is 2.05. The van der Waals surface area contributed by atoms with Gasteiger partial charge in [-0.3, -0.25) is 14.6 Å². The summed E-state index contributed by atoms with van der Waals surface area (Å²) in [6.07, 6.45) is -0.941. The van der Waals surface area contributed by atoms with Crippen molar-refractivity contribution in [3.8, 4) is 0 Å². The van der Waals surface area contributed by atoms with E-state index in [9.17, 15) is 19.2 Å². The van der Waals surface area contributed by atoms with Crippen LogP contribution in [0.2, 0.25) is 0 Å². The predicted octanol–water partition coefficient (Wildman–Crippen LogP) is 0.787. The van der Waals surface area contributed by atoms with E-state index in [0.29, 0.717) is 6.67 Å². The van der Waals surface area contributed by atoms with E-state index in [2.05, 4.69) is 15.6 Å². The quantitative estimate of drug-likeness (QED) is 0.285. The number of aliphatic imine (C=N–C) groups is 1. The number of rotatable bonds is 12. The minimum absolute atomic E-state index is 0.0124. The second-order valence-electron chi connectivity index (χ2n) is 5.84. The largest absolute Gasteiger partial charge is 0.464 e. The number of carbonyl (C=O) groups excluding carboxylic acids is 4. The molecule has 0 aromatic rings. The molecule has 0 heterocycles. The first-order chi connectivity index (χ1) is 12.7. The van der Waals surface area contributed by atoms with Crippen molar-refractivity contribution in [2.45, 2.75) is 52.9 Å². The van der Waals surface area contributed by atoms with Gasteiger partial charge in [-0.15, -0.1) is 0 Å². The van der Waals surface area contributed by atoms with Crippen LogP contribution in [0, 0.1) is 5.92 Å². The fourth-order valence-electron chi connectivity index (χ4n) is 1.73. The molecule has 0 aliphatic carbocycles. The summed E-state index contributed by atoms with van der Waals surface area (Å²) >= 11 is 0. The SMILES string of the molecule is CCOC(=O)C(CCC(=O)/C=N\CNC)NC(=O)OC(C)OC(=O)C(C)C. The number of Topliss-reactive ketones (excluding diaryl/α,β-unsaturated/α-hetero) is 1. The smallest absolute Gasteiger partial charge is 0.410 e. The number of carbonyl (C=O) groups is 4. The molecule has 154 valence electrons. The fraction of sp³-hybridized carbons (Fsp3) is 0.706. The Morgan fingerprint density at radius 3 is 2.30 bits per heavy atom. The summed E-state index contributed by atoms with van der Waals surface area (Å²) in [5.74, 6) is -1.89. The lowest BCUT2D eigenvalue weighted by atomic mass is 10.1. The Hall–Kier alpha value is -2.49. The maximum absolute atomic E-state index is 12.0. The van der Waals surface area contributed by atoms with Crippen LogP contribution in [-0.2, 0) is 28.6 Å². The van der Waals surface area contributed by atoms with Crippen LogP contribution in [-0.4, -0.2) is 62.7 Å². The highest BCUT2D eigenvalue weighted by Gasteiger charge is 2.25. The molecular weight excluding hydrogens is 358 g/mol. The molecule has 0 saturated carbocycles. The second kappa shape index (κ2) is 13.7. The number of ether oxygens (including phenoxy) is 3. The molecule has 0 saturated heterocycles. The van der Waals surface area contributed by atoms with Crippen molar-refractivity contribution in [3.05, 3.63) is 0 Å². The van der Waals surface area contributed by atoms with Crippen LogP contribution >= 0.6 is 0 Å². The van der Waals surface area contributed by atoms with Crippen molar-refractivity contribution in [3.63, 3.8) is 0 Å². The molecule has 2 unspecified atom stereocenters. The molecule has 0 aliphatic heterocycles. The van der Waals surface area contributed by atoms with Crippen molar-refractivity contribution in [2.75, 3.05) is 20.3 Å². The molecule has 10 nitrogen and oxygen atoms in total. The van der Waals surface area contributed by atoms with Crippen LogP contribution in [0.1, 0.15) is 40.5 Å². The number of nitrogens with one attached hydrogen (secondary N) is 2. The molecule has 2 atom stereocenters. The fourth-order valence-corrected chi connectivity index (χ4v) is 1.73. The summed E-state index contributed by atoms with van der Waals surface area (Å²) in [6, 6.07) is -1.08. The summed E-state index contributed by atoms with van der Waals surface area (Å²) in [5, 5.41) is 5.08. The molecule has 0 bridgehead atoms. The Bertz CT molecular complexity index is 535. The average Bonchev–Trinajstić information content (AvgIpc) is 2.58. The van der Waals surface area contributed by atoms with Gasteiger partial charge in [0.25, 0.3) is 0 Å². The Morgan fingerprint density at radius 1 is 1.07 bits per heavy atom. The highest BCUT2D eigenvalue weighted by molar-refractivity contribution is 6.27. The highest BCUT2D eigenvalue weighted by atomic mass is 16.7. The molecular formula is C17H29N3O7. The van der Waals surface area contributed by atoms with Crippen molar-refractivity contribution in [1.82, 2.24) is 10.6 Å². The maximum atomic E-state index is 12.0. The minimum atomic E-state index is -1.13. The predicted molar refractivity (Wildman–Crippen MR) is 97.1 cm³/mol. The van der Waals surface area contributed by atoms with E-state index < -0.39 is 30.4 Å². The first-order valence-electron chi connectivity index (χ1n) is 8.72. The molecule has 0 spiro atoms. The van der Waals surface area contributed by atoms with Gasteiger partial charge >= 0.3 is 18.0 Å². The Kier molecular flexibility index (Phi) is 12.4. The Balaban J connectivity index is 4.67. The van der Waals surface area contributed by atoms with Crippen LogP contribution in [0.4, 0.5) is 4.79 Å². The molecule has 0 rings (SSSR count). The summed E-state index contributed by atoms with van der Waals surface area (Å²) in [7, 11) is 1.69. The van der Waals surface area contributed by atoms with Crippen molar-refractivity contribution < 1.29 is 33.4 Å². The Labute approximate surface area is 159 Å². The van der Waals surface area contributed by atoms with Gasteiger partial charge in [0, 0.05) is 13.3 Å². The molecule has 10 heteroatoms. The van der Waals surface area contributed by atoms with Gasteiger partial charge in [0.05, 0.1) is 25.4 Å². The first kappa shape index (κ1) is 24.5. The van der Waals surface area contributed by atoms with Crippen molar-refractivity contribution >= 4 is 30.0 Å². The number of ketones is 1. The molecule has 27 heavy (non-hydrogen) atoms. The molecule has 2 N–H and O–H groups in total. The van der Waals surface area contributed by atoms with E-state index >= 15 is 0 Å². The normalized spacial score (nSPS) is 13.1. The van der Waals surface area contributed by atoms with Crippen LogP contribution in [0.3, 0.4) is 0 Å². The Morgan fingerprint density at radius 2 is 1.74 bits per heavy atom. The van der Waals surface area contributed by atoms with Crippen molar-refractivity contribution in [2.24, 2.45) is 10.9 Å². The standard InChI is InChI=1S/C17H29N3O7/c1-6-25-16(23)14(8-7-13(21)9-19-10-18-5)20-17(24)27-12(4)26-15(22)11(2)3/h9,11-12,14,18H,6-8,10H2,1-5H3,(H,20,24)/b19-9-. The number of nitrogens with zero attached hydrogens (tertiary/aromatic N) is 1. The van der Waals surface area contributed by atoms with E-state index in [4.69, 9.17) is 14.2 Å². The van der Waals surface area contributed by atoms with Gasteiger partial charge in [0.15, 0.2) is 5.78 Å². The number of hydrogen-bond acceptors (Lipinski definition) is 9. The van der Waals surface area contributed by atoms with Gasteiger partial charge in [-0.05, 0) is 20.4 Å². The summed E-state index contributed by atoms with van der Waals surface area (Å²) in [6.45, 7) is 6.69. The number of alkyl carbamates (subject to hydrolysis) is 1. The third-order valence-corrected chi connectivity index (χ3v) is 3.05. The molecule has 0 fully saturated rings. The van der Waals surface area contributed by atoms with Crippen LogP contribution in [0.5, 0.6) is 0 Å². The lowest BCUT2D eigenvalue weighted by molar-refractivity contribution is -0.169. The van der Waals surface area contributed by atoms with Crippen LogP contribution in [0.25, 0.3) is 0 Å². The van der Waals surface area contributed by atoms with Gasteiger partial charge < -0.3 is 24.8 Å². The van der Waals surface area contributed by atoms with E-state index in [-0.39, 0.29) is 31.1 Å². The zero-order valence-electron chi connectivity index (χ0n) is 16.4. The van der Waals surface area contributed by atoms with Gasteiger partial charge in [-0.25, -0.2) is 9.59 Å². The third kappa shape index (κ3) is 11.7. The zero-order chi connectivity index (χ0) is 20.8. The lowest BCUT2D eigenvalue weighted by Gasteiger charge is -2.19. The maximum Gasteiger partial charge on any atom is 0.410 e. The number of amides is 1. The lowest BCUT2D eigenvalue weighted by Crippen LogP contribution is -2.43.